The Morgan fingerprint density at radius 2 is 1.92 bits per heavy atom. The van der Waals surface area contributed by atoms with Crippen LogP contribution in [-0.4, -0.2) is 54.6 Å². The van der Waals surface area contributed by atoms with E-state index in [1.807, 2.05) is 0 Å². The molecule has 1 saturated heterocycles. The number of nitro benzene ring substituents is 1. The first-order valence-corrected chi connectivity index (χ1v) is 8.32. The van der Waals surface area contributed by atoms with Gasteiger partial charge in [0.1, 0.15) is 0 Å². The number of morpholine rings is 1. The molecule has 1 atom stereocenters. The van der Waals surface area contributed by atoms with Crippen LogP contribution >= 0.6 is 0 Å². The van der Waals surface area contributed by atoms with Crippen molar-refractivity contribution in [2.45, 2.75) is 26.3 Å². The average Bonchev–Trinajstić information content (AvgIpc) is 2.59. The van der Waals surface area contributed by atoms with Gasteiger partial charge in [-0.05, 0) is 24.5 Å². The summed E-state index contributed by atoms with van der Waals surface area (Å²) in [5.41, 5.74) is 0.420. The molecule has 0 aromatic heterocycles. The van der Waals surface area contributed by atoms with Crippen molar-refractivity contribution in [3.8, 4) is 0 Å². The molecule has 0 saturated carbocycles. The molecular formula is C17H25N3O4. The van der Waals surface area contributed by atoms with Crippen molar-refractivity contribution in [2.75, 3.05) is 32.8 Å². The first-order valence-electron chi connectivity index (χ1n) is 8.32. The molecule has 24 heavy (non-hydrogen) atoms. The summed E-state index contributed by atoms with van der Waals surface area (Å²) in [5, 5.41) is 13.6. The Labute approximate surface area is 142 Å². The molecule has 0 spiro atoms. The third-order valence-electron chi connectivity index (χ3n) is 4.14. The van der Waals surface area contributed by atoms with E-state index in [0.717, 1.165) is 32.7 Å². The maximum absolute atomic E-state index is 12.3. The van der Waals surface area contributed by atoms with Gasteiger partial charge in [0.15, 0.2) is 0 Å². The van der Waals surface area contributed by atoms with E-state index in [9.17, 15) is 14.9 Å². The molecule has 0 bridgehead atoms. The molecule has 1 amide bonds. The van der Waals surface area contributed by atoms with E-state index in [1.165, 1.54) is 24.3 Å². The quantitative estimate of drug-likeness (QED) is 0.609. The topological polar surface area (TPSA) is 84.7 Å². The molecule has 1 heterocycles. The lowest BCUT2D eigenvalue weighted by atomic mass is 10.0. The molecule has 1 aliphatic heterocycles. The molecule has 1 aromatic carbocycles. The number of hydrogen-bond acceptors (Lipinski definition) is 5. The minimum atomic E-state index is -0.473. The maximum atomic E-state index is 12.3. The van der Waals surface area contributed by atoms with Crippen LogP contribution in [0, 0.1) is 16.0 Å². The van der Waals surface area contributed by atoms with E-state index in [2.05, 4.69) is 24.1 Å². The van der Waals surface area contributed by atoms with Crippen LogP contribution in [-0.2, 0) is 4.74 Å². The van der Waals surface area contributed by atoms with Crippen LogP contribution in [0.5, 0.6) is 0 Å². The minimum absolute atomic E-state index is 0.0162. The third-order valence-corrected chi connectivity index (χ3v) is 4.14. The van der Waals surface area contributed by atoms with Crippen molar-refractivity contribution in [1.82, 2.24) is 10.2 Å². The minimum Gasteiger partial charge on any atom is -0.379 e. The number of carbonyl (C=O) groups is 1. The molecule has 1 aromatic rings. The van der Waals surface area contributed by atoms with E-state index in [4.69, 9.17) is 4.74 Å². The standard InChI is InChI=1S/C17H25N3O4/c1-13(2)11-16(19-7-9-24-10-8-19)12-18-17(21)14-3-5-15(6-4-14)20(22)23/h3-6,13,16H,7-12H2,1-2H3,(H,18,21)/t16-/m1/s1. The van der Waals surface area contributed by atoms with E-state index in [-0.39, 0.29) is 17.6 Å². The van der Waals surface area contributed by atoms with Crippen LogP contribution in [0.15, 0.2) is 24.3 Å². The number of ether oxygens (including phenoxy) is 1. The molecule has 7 heteroatoms. The number of nitro groups is 1. The van der Waals surface area contributed by atoms with Gasteiger partial charge in [-0.2, -0.15) is 0 Å². The second-order valence-electron chi connectivity index (χ2n) is 6.45. The summed E-state index contributed by atoms with van der Waals surface area (Å²) in [5.74, 6) is 0.334. The fourth-order valence-corrected chi connectivity index (χ4v) is 2.90. The summed E-state index contributed by atoms with van der Waals surface area (Å²) in [7, 11) is 0. The van der Waals surface area contributed by atoms with Gasteiger partial charge < -0.3 is 10.1 Å². The average molecular weight is 335 g/mol. The van der Waals surface area contributed by atoms with Crippen LogP contribution < -0.4 is 5.32 Å². The van der Waals surface area contributed by atoms with E-state index < -0.39 is 4.92 Å². The summed E-state index contributed by atoms with van der Waals surface area (Å²) in [6, 6.07) is 5.94. The van der Waals surface area contributed by atoms with Crippen LogP contribution in [0.2, 0.25) is 0 Å². The van der Waals surface area contributed by atoms with Gasteiger partial charge in [-0.1, -0.05) is 13.8 Å². The monoisotopic (exact) mass is 335 g/mol. The molecule has 1 N–H and O–H groups in total. The van der Waals surface area contributed by atoms with Gasteiger partial charge in [0, 0.05) is 43.4 Å². The van der Waals surface area contributed by atoms with Gasteiger partial charge in [-0.15, -0.1) is 0 Å². The second kappa shape index (κ2) is 8.75. The number of carbonyl (C=O) groups excluding carboxylic acids is 1. The number of rotatable bonds is 7. The third kappa shape index (κ3) is 5.28. The zero-order valence-corrected chi connectivity index (χ0v) is 14.2. The first-order chi connectivity index (χ1) is 11.5. The molecule has 1 aliphatic rings. The smallest absolute Gasteiger partial charge is 0.269 e. The second-order valence-corrected chi connectivity index (χ2v) is 6.45. The highest BCUT2D eigenvalue weighted by Crippen LogP contribution is 2.14. The SMILES string of the molecule is CC(C)C[C@H](CNC(=O)c1ccc([N+](=O)[O-])cc1)N1CCOCC1. The molecule has 1 fully saturated rings. The molecule has 132 valence electrons. The lowest BCUT2D eigenvalue weighted by Gasteiger charge is -2.35. The Morgan fingerprint density at radius 1 is 1.29 bits per heavy atom. The van der Waals surface area contributed by atoms with Crippen molar-refractivity contribution < 1.29 is 14.5 Å². The Bertz CT molecular complexity index is 553. The van der Waals surface area contributed by atoms with Gasteiger partial charge in [0.25, 0.3) is 11.6 Å². The van der Waals surface area contributed by atoms with E-state index in [0.29, 0.717) is 18.0 Å². The van der Waals surface area contributed by atoms with Crippen LogP contribution in [0.4, 0.5) is 5.69 Å². The summed E-state index contributed by atoms with van der Waals surface area (Å²) < 4.78 is 5.40. The van der Waals surface area contributed by atoms with Crippen LogP contribution in [0.3, 0.4) is 0 Å². The highest BCUT2D eigenvalue weighted by molar-refractivity contribution is 5.94. The molecule has 0 radical (unpaired) electrons. The molecule has 0 unspecified atom stereocenters. The summed E-state index contributed by atoms with van der Waals surface area (Å²) in [6.45, 7) is 8.12. The number of benzene rings is 1. The van der Waals surface area contributed by atoms with Crippen molar-refractivity contribution in [1.29, 1.82) is 0 Å². The van der Waals surface area contributed by atoms with Crippen molar-refractivity contribution in [3.05, 3.63) is 39.9 Å². The van der Waals surface area contributed by atoms with Gasteiger partial charge in [0.2, 0.25) is 0 Å². The lowest BCUT2D eigenvalue weighted by Crippen LogP contribution is -2.49. The Kier molecular flexibility index (Phi) is 6.69. The summed E-state index contributed by atoms with van der Waals surface area (Å²) in [6.07, 6.45) is 1.00. The summed E-state index contributed by atoms with van der Waals surface area (Å²) >= 11 is 0. The van der Waals surface area contributed by atoms with Crippen LogP contribution in [0.25, 0.3) is 0 Å². The van der Waals surface area contributed by atoms with Crippen molar-refractivity contribution in [2.24, 2.45) is 5.92 Å². The number of amides is 1. The first kappa shape index (κ1) is 18.4. The largest absolute Gasteiger partial charge is 0.379 e. The highest BCUT2D eigenvalue weighted by Gasteiger charge is 2.22. The molecular weight excluding hydrogens is 310 g/mol. The van der Waals surface area contributed by atoms with E-state index in [1.54, 1.807) is 0 Å². The summed E-state index contributed by atoms with van der Waals surface area (Å²) in [4.78, 5) is 24.8. The van der Waals surface area contributed by atoms with Gasteiger partial charge in [0.05, 0.1) is 18.1 Å². The lowest BCUT2D eigenvalue weighted by molar-refractivity contribution is -0.384. The van der Waals surface area contributed by atoms with Crippen LogP contribution in [0.1, 0.15) is 30.6 Å². The number of hydrogen-bond donors (Lipinski definition) is 1. The molecule has 2 rings (SSSR count). The van der Waals surface area contributed by atoms with Crippen molar-refractivity contribution >= 4 is 11.6 Å². The maximum Gasteiger partial charge on any atom is 0.269 e. The molecule has 7 nitrogen and oxygen atoms in total. The Balaban J connectivity index is 1.94. The van der Waals surface area contributed by atoms with E-state index >= 15 is 0 Å². The number of nitrogens with zero attached hydrogens (tertiary/aromatic N) is 2. The van der Waals surface area contributed by atoms with Crippen molar-refractivity contribution in [3.63, 3.8) is 0 Å². The molecule has 0 aliphatic carbocycles. The normalized spacial score (nSPS) is 16.8. The fourth-order valence-electron chi connectivity index (χ4n) is 2.90. The highest BCUT2D eigenvalue weighted by atomic mass is 16.6. The van der Waals surface area contributed by atoms with Gasteiger partial charge >= 0.3 is 0 Å². The predicted molar refractivity (Wildman–Crippen MR) is 91.1 cm³/mol. The zero-order valence-electron chi connectivity index (χ0n) is 14.2. The van der Waals surface area contributed by atoms with Gasteiger partial charge in [-0.25, -0.2) is 0 Å². The Hall–Kier alpha value is -1.99. The Morgan fingerprint density at radius 3 is 2.46 bits per heavy atom. The number of non-ortho nitro benzene ring substituents is 1. The fraction of sp³-hybridized carbons (Fsp3) is 0.588. The number of nitrogens with one attached hydrogen (secondary N) is 1. The predicted octanol–water partition coefficient (Wildman–Crippen LogP) is 2.07. The zero-order chi connectivity index (χ0) is 17.5. The van der Waals surface area contributed by atoms with Gasteiger partial charge in [-0.3, -0.25) is 19.8 Å².